The van der Waals surface area contributed by atoms with Crippen LogP contribution in [0.3, 0.4) is 0 Å². The molecule has 1 atom stereocenters. The first-order chi connectivity index (χ1) is 18.0. The Morgan fingerprint density at radius 1 is 1.14 bits per heavy atom. The molecule has 0 spiro atoms. The molecule has 1 saturated heterocycles. The molecule has 0 bridgehead atoms. The van der Waals surface area contributed by atoms with E-state index >= 15 is 0 Å². The summed E-state index contributed by atoms with van der Waals surface area (Å²) in [6, 6.07) is 4.33. The lowest BCUT2D eigenvalue weighted by atomic mass is 9.96. The molecule has 1 amide bonds. The second kappa shape index (κ2) is 8.27. The Morgan fingerprint density at radius 3 is 2.81 bits per heavy atom. The van der Waals surface area contributed by atoms with Gasteiger partial charge in [-0.05, 0) is 38.1 Å². The fourth-order valence-corrected chi connectivity index (χ4v) is 5.67. The standard InChI is InChI=1S/C28H23F2N3O4/c29-19-11-17-25-27(24(19)30)37-23-12-16-15-5-1-2-6-21(15)36-22(16)13-20(23)33(25)14-18(26(17)34)28(35)31-7-10-32-8-3-4-9-32/h1-2,5,11-14,21H,3-4,6-10H2,(H,31,35). The van der Waals surface area contributed by atoms with E-state index in [0.717, 1.165) is 49.6 Å². The molecule has 1 N–H and O–H groups in total. The number of hydrogen-bond donors (Lipinski definition) is 1. The lowest BCUT2D eigenvalue weighted by Crippen LogP contribution is -2.36. The van der Waals surface area contributed by atoms with Gasteiger partial charge in [-0.25, -0.2) is 4.39 Å². The molecule has 9 heteroatoms. The lowest BCUT2D eigenvalue weighted by molar-refractivity contribution is 0.0948. The normalized spacial score (nSPS) is 19.1. The van der Waals surface area contributed by atoms with Crippen molar-refractivity contribution < 1.29 is 23.0 Å². The molecular weight excluding hydrogens is 480 g/mol. The number of aromatic nitrogens is 1. The molecule has 4 aliphatic rings. The highest BCUT2D eigenvalue weighted by Gasteiger charge is 2.34. The molecule has 7 nitrogen and oxygen atoms in total. The number of benzene rings is 2. The van der Waals surface area contributed by atoms with Crippen molar-refractivity contribution in [1.29, 1.82) is 0 Å². The number of carbonyl (C=O) groups is 1. The fraction of sp³-hybridized carbons (Fsp3) is 0.286. The number of allylic oxidation sites excluding steroid dienone is 2. The summed E-state index contributed by atoms with van der Waals surface area (Å²) in [6.07, 6.45) is 10.2. The summed E-state index contributed by atoms with van der Waals surface area (Å²) in [4.78, 5) is 28.6. The van der Waals surface area contributed by atoms with Gasteiger partial charge in [0.15, 0.2) is 17.3 Å². The van der Waals surface area contributed by atoms with Gasteiger partial charge in [-0.2, -0.15) is 4.39 Å². The highest BCUT2D eigenvalue weighted by Crippen LogP contribution is 2.49. The minimum Gasteiger partial charge on any atom is -0.485 e. The van der Waals surface area contributed by atoms with Crippen molar-refractivity contribution in [3.63, 3.8) is 0 Å². The number of hydrogen-bond acceptors (Lipinski definition) is 5. The van der Waals surface area contributed by atoms with Crippen LogP contribution >= 0.6 is 0 Å². The van der Waals surface area contributed by atoms with Crippen LogP contribution in [0.5, 0.6) is 17.2 Å². The first-order valence-electron chi connectivity index (χ1n) is 12.5. The molecule has 0 saturated carbocycles. The number of halogens is 2. The summed E-state index contributed by atoms with van der Waals surface area (Å²) in [6.45, 7) is 3.04. The van der Waals surface area contributed by atoms with Crippen LogP contribution in [-0.4, -0.2) is 47.7 Å². The molecule has 37 heavy (non-hydrogen) atoms. The quantitative estimate of drug-likeness (QED) is 0.450. The van der Waals surface area contributed by atoms with Crippen molar-refractivity contribution in [2.75, 3.05) is 26.2 Å². The van der Waals surface area contributed by atoms with E-state index in [1.807, 2.05) is 18.2 Å². The van der Waals surface area contributed by atoms with Gasteiger partial charge in [-0.15, -0.1) is 0 Å². The molecular formula is C28H23F2N3O4. The van der Waals surface area contributed by atoms with Crippen LogP contribution in [0.2, 0.25) is 0 Å². The number of nitrogens with zero attached hydrogens (tertiary/aromatic N) is 2. The Bertz CT molecular complexity index is 1620. The third kappa shape index (κ3) is 3.41. The van der Waals surface area contributed by atoms with Crippen molar-refractivity contribution in [3.8, 4) is 22.9 Å². The summed E-state index contributed by atoms with van der Waals surface area (Å²) in [7, 11) is 0. The van der Waals surface area contributed by atoms with Crippen LogP contribution in [0, 0.1) is 11.6 Å². The largest absolute Gasteiger partial charge is 0.485 e. The first-order valence-corrected chi connectivity index (χ1v) is 12.5. The van der Waals surface area contributed by atoms with Crippen LogP contribution in [-0.2, 0) is 0 Å². The molecule has 2 aromatic carbocycles. The van der Waals surface area contributed by atoms with Crippen molar-refractivity contribution in [2.24, 2.45) is 0 Å². The maximum absolute atomic E-state index is 14.9. The van der Waals surface area contributed by atoms with E-state index < -0.39 is 23.0 Å². The maximum atomic E-state index is 14.9. The van der Waals surface area contributed by atoms with E-state index in [1.165, 1.54) is 10.8 Å². The van der Waals surface area contributed by atoms with Gasteiger partial charge in [-0.1, -0.05) is 18.2 Å². The smallest absolute Gasteiger partial charge is 0.256 e. The molecule has 1 aliphatic carbocycles. The van der Waals surface area contributed by atoms with Gasteiger partial charge in [0.2, 0.25) is 11.2 Å². The highest BCUT2D eigenvalue weighted by molar-refractivity contribution is 5.99. The second-order valence-electron chi connectivity index (χ2n) is 9.75. The third-order valence-corrected chi connectivity index (χ3v) is 7.52. The summed E-state index contributed by atoms with van der Waals surface area (Å²) in [5.41, 5.74) is 1.50. The first kappa shape index (κ1) is 22.2. The van der Waals surface area contributed by atoms with E-state index in [9.17, 15) is 18.4 Å². The van der Waals surface area contributed by atoms with E-state index in [1.54, 1.807) is 12.1 Å². The average Bonchev–Trinajstić information content (AvgIpc) is 3.54. The molecule has 3 aliphatic heterocycles. The topological polar surface area (TPSA) is 72.8 Å². The van der Waals surface area contributed by atoms with Crippen LogP contribution in [0.25, 0.3) is 22.2 Å². The van der Waals surface area contributed by atoms with Crippen LogP contribution in [0.1, 0.15) is 35.2 Å². The van der Waals surface area contributed by atoms with Gasteiger partial charge in [0.1, 0.15) is 22.9 Å². The number of rotatable bonds is 4. The van der Waals surface area contributed by atoms with Gasteiger partial charge in [0, 0.05) is 42.9 Å². The van der Waals surface area contributed by atoms with E-state index in [4.69, 9.17) is 9.47 Å². The van der Waals surface area contributed by atoms with E-state index in [0.29, 0.717) is 24.5 Å². The molecule has 1 aromatic heterocycles. The van der Waals surface area contributed by atoms with Gasteiger partial charge in [0.05, 0.1) is 11.1 Å². The Balaban J connectivity index is 1.35. The monoisotopic (exact) mass is 503 g/mol. The second-order valence-corrected chi connectivity index (χ2v) is 9.75. The summed E-state index contributed by atoms with van der Waals surface area (Å²) in [5.74, 6) is -2.45. The fourth-order valence-electron chi connectivity index (χ4n) is 5.67. The average molecular weight is 504 g/mol. The van der Waals surface area contributed by atoms with Crippen LogP contribution in [0.15, 0.2) is 47.4 Å². The SMILES string of the molecule is O=C(NCCN1CCCC1)c1cn2c3c(c(F)c(F)cc3c1=O)Oc1cc3c(cc1-2)OC1CC=CC=C31. The predicted molar refractivity (Wildman–Crippen MR) is 134 cm³/mol. The number of pyridine rings is 1. The van der Waals surface area contributed by atoms with Crippen molar-refractivity contribution in [3.05, 3.63) is 75.6 Å². The zero-order chi connectivity index (χ0) is 25.3. The van der Waals surface area contributed by atoms with Crippen molar-refractivity contribution in [1.82, 2.24) is 14.8 Å². The van der Waals surface area contributed by atoms with Crippen LogP contribution < -0.4 is 20.2 Å². The molecule has 188 valence electrons. The zero-order valence-electron chi connectivity index (χ0n) is 19.9. The summed E-state index contributed by atoms with van der Waals surface area (Å²) in [5, 5.41) is 2.68. The minimum atomic E-state index is -1.22. The number of carbonyl (C=O) groups excluding carboxylic acids is 1. The molecule has 1 unspecified atom stereocenters. The van der Waals surface area contributed by atoms with Crippen LogP contribution in [0.4, 0.5) is 8.78 Å². The minimum absolute atomic E-state index is 0.0706. The number of nitrogens with one attached hydrogen (secondary N) is 1. The predicted octanol–water partition coefficient (Wildman–Crippen LogP) is 4.30. The Hall–Kier alpha value is -3.98. The molecule has 4 heterocycles. The summed E-state index contributed by atoms with van der Waals surface area (Å²) < 4.78 is 43.1. The van der Waals surface area contributed by atoms with E-state index in [-0.39, 0.29) is 34.1 Å². The lowest BCUT2D eigenvalue weighted by Gasteiger charge is -2.25. The van der Waals surface area contributed by atoms with Crippen molar-refractivity contribution >= 4 is 22.4 Å². The molecule has 1 fully saturated rings. The number of amides is 1. The number of fused-ring (bicyclic) bond motifs is 5. The van der Waals surface area contributed by atoms with Gasteiger partial charge in [-0.3, -0.25) is 9.59 Å². The summed E-state index contributed by atoms with van der Waals surface area (Å²) >= 11 is 0. The molecule has 0 radical (unpaired) electrons. The van der Waals surface area contributed by atoms with Crippen molar-refractivity contribution in [2.45, 2.75) is 25.4 Å². The number of ether oxygens (including phenoxy) is 2. The van der Waals surface area contributed by atoms with E-state index in [2.05, 4.69) is 10.2 Å². The highest BCUT2D eigenvalue weighted by atomic mass is 19.2. The molecule has 3 aromatic rings. The Kier molecular flexibility index (Phi) is 4.97. The van der Waals surface area contributed by atoms with Gasteiger partial charge < -0.3 is 24.3 Å². The van der Waals surface area contributed by atoms with Gasteiger partial charge in [0.25, 0.3) is 5.91 Å². The third-order valence-electron chi connectivity index (χ3n) is 7.52. The zero-order valence-corrected chi connectivity index (χ0v) is 19.9. The molecule has 7 rings (SSSR count). The number of likely N-dealkylation sites (tertiary alicyclic amines) is 1. The Morgan fingerprint density at radius 2 is 1.97 bits per heavy atom. The Labute approximate surface area is 210 Å². The van der Waals surface area contributed by atoms with Gasteiger partial charge >= 0.3 is 0 Å². The maximum Gasteiger partial charge on any atom is 0.256 e.